The number of allylic oxidation sites excluding steroid dienone is 3. The van der Waals surface area contributed by atoms with Gasteiger partial charge < -0.3 is 65.1 Å². The van der Waals surface area contributed by atoms with Crippen LogP contribution in [0, 0.1) is 0 Å². The van der Waals surface area contributed by atoms with Crippen molar-refractivity contribution in [1.82, 2.24) is 5.32 Å². The fourth-order valence-corrected chi connectivity index (χ4v) is 10.5. The Morgan fingerprint density at radius 2 is 0.842 bits per heavy atom. The summed E-state index contributed by atoms with van der Waals surface area (Å²) in [5, 5.41) is 87.1. The van der Waals surface area contributed by atoms with E-state index in [0.29, 0.717) is 12.8 Å². The number of nitrogens with one attached hydrogen (secondary N) is 1. The van der Waals surface area contributed by atoms with Crippen molar-refractivity contribution in [3.63, 3.8) is 0 Å². The minimum Gasteiger partial charge on any atom is -0.394 e. The number of unbranched alkanes of at least 4 members (excludes halogenated alkanes) is 36. The van der Waals surface area contributed by atoms with Crippen molar-refractivity contribution < 1.29 is 64.6 Å². The van der Waals surface area contributed by atoms with Gasteiger partial charge in [0, 0.05) is 6.42 Å². The first-order valence-electron chi connectivity index (χ1n) is 31.6. The van der Waals surface area contributed by atoms with Gasteiger partial charge in [0.1, 0.15) is 48.8 Å². The first-order valence-corrected chi connectivity index (χ1v) is 31.6. The van der Waals surface area contributed by atoms with Crippen LogP contribution in [0.4, 0.5) is 0 Å². The van der Waals surface area contributed by atoms with Crippen LogP contribution in [-0.4, -0.2) is 140 Å². The van der Waals surface area contributed by atoms with Crippen molar-refractivity contribution >= 4 is 5.91 Å². The Bertz CT molecular complexity index is 1370. The molecule has 2 saturated heterocycles. The number of aliphatic hydroxyl groups excluding tert-OH is 8. The van der Waals surface area contributed by atoms with Crippen molar-refractivity contribution in [2.45, 2.75) is 344 Å². The van der Waals surface area contributed by atoms with Gasteiger partial charge in [-0.2, -0.15) is 0 Å². The summed E-state index contributed by atoms with van der Waals surface area (Å²) in [4.78, 5) is 13.2. The summed E-state index contributed by atoms with van der Waals surface area (Å²) in [5.41, 5.74) is 0. The van der Waals surface area contributed by atoms with Gasteiger partial charge in [0.05, 0.1) is 32.0 Å². The first kappa shape index (κ1) is 70.6. The molecule has 0 aromatic carbocycles. The number of carbonyl (C=O) groups excluding carboxylic acids is 1. The van der Waals surface area contributed by atoms with Crippen LogP contribution in [0.1, 0.15) is 271 Å². The molecule has 9 N–H and O–H groups in total. The van der Waals surface area contributed by atoms with Gasteiger partial charge in [-0.25, -0.2) is 0 Å². The van der Waals surface area contributed by atoms with Crippen molar-refractivity contribution in [2.75, 3.05) is 19.8 Å². The number of aliphatic hydroxyl groups is 8. The highest BCUT2D eigenvalue weighted by molar-refractivity contribution is 5.76. The molecule has 2 aliphatic heterocycles. The zero-order chi connectivity index (χ0) is 55.3. The third-order valence-electron chi connectivity index (χ3n) is 15.6. The lowest BCUT2D eigenvalue weighted by molar-refractivity contribution is -0.359. The van der Waals surface area contributed by atoms with Crippen LogP contribution >= 0.6 is 0 Å². The second-order valence-electron chi connectivity index (χ2n) is 22.5. The number of amides is 1. The molecule has 76 heavy (non-hydrogen) atoms. The molecule has 2 aliphatic rings. The number of ether oxygens (including phenoxy) is 4. The molecule has 2 heterocycles. The van der Waals surface area contributed by atoms with Crippen molar-refractivity contribution in [3.05, 3.63) is 24.3 Å². The van der Waals surface area contributed by atoms with Crippen LogP contribution in [0.2, 0.25) is 0 Å². The average Bonchev–Trinajstić information content (AvgIpc) is 3.42. The van der Waals surface area contributed by atoms with Gasteiger partial charge in [-0.05, 0) is 32.1 Å². The molecule has 0 spiro atoms. The Morgan fingerprint density at radius 3 is 1.29 bits per heavy atom. The lowest BCUT2D eigenvalue weighted by Crippen LogP contribution is -2.65. The minimum atomic E-state index is -1.79. The lowest BCUT2D eigenvalue weighted by Gasteiger charge is -2.46. The number of rotatable bonds is 51. The van der Waals surface area contributed by atoms with Gasteiger partial charge in [-0.1, -0.05) is 256 Å². The monoisotopic (exact) mass is 1080 g/mol. The Balaban J connectivity index is 1.70. The molecule has 12 unspecified atom stereocenters. The van der Waals surface area contributed by atoms with E-state index in [1.165, 1.54) is 205 Å². The van der Waals surface area contributed by atoms with Crippen LogP contribution in [0.15, 0.2) is 24.3 Å². The summed E-state index contributed by atoms with van der Waals surface area (Å²) in [5.74, 6) is -0.246. The third kappa shape index (κ3) is 33.3. The van der Waals surface area contributed by atoms with E-state index >= 15 is 0 Å². The SMILES string of the molecule is CCCCCCCCCCCCCCCCCCCCCCCCC/C=C/CC/C=C/C(O)C(COC1OC(CO)C(OC2OC(CO)C(O)C(O)C2O)C(O)C1O)NC(=O)CCCCCCCCCCCCCCC. The summed E-state index contributed by atoms with van der Waals surface area (Å²) < 4.78 is 22.8. The van der Waals surface area contributed by atoms with E-state index in [4.69, 9.17) is 18.9 Å². The lowest BCUT2D eigenvalue weighted by atomic mass is 9.97. The molecule has 448 valence electrons. The van der Waals surface area contributed by atoms with Crippen molar-refractivity contribution in [2.24, 2.45) is 0 Å². The molecule has 0 radical (unpaired) electrons. The summed E-state index contributed by atoms with van der Waals surface area (Å²) in [7, 11) is 0. The molecule has 0 aromatic heterocycles. The fourth-order valence-electron chi connectivity index (χ4n) is 10.5. The predicted molar refractivity (Wildman–Crippen MR) is 305 cm³/mol. The second-order valence-corrected chi connectivity index (χ2v) is 22.5. The normalized spacial score (nSPS) is 25.0. The molecule has 0 bridgehead atoms. The van der Waals surface area contributed by atoms with E-state index < -0.39 is 86.8 Å². The Hall–Kier alpha value is -1.53. The largest absolute Gasteiger partial charge is 0.394 e. The molecule has 0 aliphatic carbocycles. The zero-order valence-corrected chi connectivity index (χ0v) is 48.3. The van der Waals surface area contributed by atoms with E-state index in [1.54, 1.807) is 6.08 Å². The van der Waals surface area contributed by atoms with Gasteiger partial charge >= 0.3 is 0 Å². The Morgan fingerprint density at radius 1 is 0.461 bits per heavy atom. The molecule has 14 heteroatoms. The molecule has 12 atom stereocenters. The quantitative estimate of drug-likeness (QED) is 0.0204. The molecule has 0 saturated carbocycles. The third-order valence-corrected chi connectivity index (χ3v) is 15.6. The van der Waals surface area contributed by atoms with E-state index in [1.807, 2.05) is 6.08 Å². The van der Waals surface area contributed by atoms with E-state index in [-0.39, 0.29) is 18.9 Å². The summed E-state index contributed by atoms with van der Waals surface area (Å²) in [6.07, 6.45) is 41.0. The molecule has 2 rings (SSSR count). The van der Waals surface area contributed by atoms with E-state index in [2.05, 4.69) is 31.3 Å². The van der Waals surface area contributed by atoms with Crippen LogP contribution in [0.3, 0.4) is 0 Å². The summed E-state index contributed by atoms with van der Waals surface area (Å²) in [6, 6.07) is -0.927. The molecular formula is C62H117NO13. The van der Waals surface area contributed by atoms with Gasteiger partial charge in [-0.3, -0.25) is 4.79 Å². The fraction of sp³-hybridized carbons (Fsp3) is 0.919. The number of hydrogen-bond acceptors (Lipinski definition) is 13. The van der Waals surface area contributed by atoms with Crippen LogP contribution in [0.5, 0.6) is 0 Å². The summed E-state index contributed by atoms with van der Waals surface area (Å²) >= 11 is 0. The minimum absolute atomic E-state index is 0.246. The average molecular weight is 1080 g/mol. The highest BCUT2D eigenvalue weighted by atomic mass is 16.7. The standard InChI is InChI=1S/C62H117NO13/c1-3-5-7-9-11-13-15-17-18-19-20-21-22-23-24-25-26-27-28-29-30-31-32-34-35-37-39-41-43-45-51(66)50(63-54(67)46-44-42-40-38-36-33-16-14-12-10-8-6-4-2)49-73-61-59(72)57(70)60(53(48-65)75-61)76-62-58(71)56(69)55(68)52(47-64)74-62/h35,37,43,45,50-53,55-62,64-66,68-72H,3-34,36,38-42,44,46-49H2,1-2H3,(H,63,67)/b37-35+,45-43+. The maximum absolute atomic E-state index is 13.2. The maximum Gasteiger partial charge on any atom is 0.220 e. The Kier molecular flexibility index (Phi) is 44.8. The smallest absolute Gasteiger partial charge is 0.220 e. The van der Waals surface area contributed by atoms with Crippen LogP contribution in [0.25, 0.3) is 0 Å². The van der Waals surface area contributed by atoms with Gasteiger partial charge in [-0.15, -0.1) is 0 Å². The topological polar surface area (TPSA) is 228 Å². The summed E-state index contributed by atoms with van der Waals surface area (Å²) in [6.45, 7) is 2.80. The van der Waals surface area contributed by atoms with Crippen LogP contribution < -0.4 is 5.32 Å². The number of carbonyl (C=O) groups is 1. The van der Waals surface area contributed by atoms with Crippen molar-refractivity contribution in [1.29, 1.82) is 0 Å². The molecule has 0 aromatic rings. The number of hydrogen-bond donors (Lipinski definition) is 9. The highest BCUT2D eigenvalue weighted by Gasteiger charge is 2.51. The van der Waals surface area contributed by atoms with Crippen molar-refractivity contribution in [3.8, 4) is 0 Å². The van der Waals surface area contributed by atoms with Gasteiger partial charge in [0.25, 0.3) is 0 Å². The predicted octanol–water partition coefficient (Wildman–Crippen LogP) is 11.2. The molecular weight excluding hydrogens is 967 g/mol. The zero-order valence-electron chi connectivity index (χ0n) is 48.3. The van der Waals surface area contributed by atoms with Gasteiger partial charge in [0.2, 0.25) is 5.91 Å². The van der Waals surface area contributed by atoms with E-state index in [9.17, 15) is 45.6 Å². The van der Waals surface area contributed by atoms with Gasteiger partial charge in [0.15, 0.2) is 12.6 Å². The molecule has 2 fully saturated rings. The van der Waals surface area contributed by atoms with E-state index in [0.717, 1.165) is 32.1 Å². The second kappa shape index (κ2) is 48.2. The molecule has 1 amide bonds. The van der Waals surface area contributed by atoms with Crippen LogP contribution in [-0.2, 0) is 23.7 Å². The maximum atomic E-state index is 13.2. The molecule has 14 nitrogen and oxygen atoms in total. The Labute approximate surface area is 462 Å². The highest BCUT2D eigenvalue weighted by Crippen LogP contribution is 2.30. The first-order chi connectivity index (χ1) is 37.1.